The molecule has 4 rings (SSSR count). The van der Waals surface area contributed by atoms with Gasteiger partial charge in [-0.2, -0.15) is 0 Å². The molecule has 0 unspecified atom stereocenters. The summed E-state index contributed by atoms with van der Waals surface area (Å²) in [4.78, 5) is 13.0. The molecule has 2 aromatic rings. The monoisotopic (exact) mass is 323 g/mol. The average Bonchev–Trinajstić information content (AvgIpc) is 3.28. The predicted octanol–water partition coefficient (Wildman–Crippen LogP) is 3.96. The number of hydrogen-bond donors (Lipinski definition) is 1. The molecule has 2 aliphatic rings. The maximum absolute atomic E-state index is 13.0. The highest BCUT2D eigenvalue weighted by Gasteiger charge is 2.51. The van der Waals surface area contributed by atoms with Crippen molar-refractivity contribution in [2.24, 2.45) is 0 Å². The lowest BCUT2D eigenvalue weighted by Crippen LogP contribution is -2.28. The predicted molar refractivity (Wildman–Crippen MR) is 92.7 cm³/mol. The van der Waals surface area contributed by atoms with Crippen LogP contribution in [-0.2, 0) is 16.6 Å². The van der Waals surface area contributed by atoms with Gasteiger partial charge in [-0.05, 0) is 55.0 Å². The first-order chi connectivity index (χ1) is 11.6. The third-order valence-corrected chi connectivity index (χ3v) is 5.09. The van der Waals surface area contributed by atoms with Crippen molar-refractivity contribution in [1.82, 2.24) is 0 Å². The van der Waals surface area contributed by atoms with Crippen molar-refractivity contribution in [3.8, 4) is 11.5 Å². The Balaban J connectivity index is 1.63. The topological polar surface area (TPSA) is 47.6 Å². The zero-order valence-electron chi connectivity index (χ0n) is 14.0. The second-order valence-corrected chi connectivity index (χ2v) is 6.57. The Kier molecular flexibility index (Phi) is 3.48. The molecule has 1 fully saturated rings. The van der Waals surface area contributed by atoms with E-state index in [2.05, 4.69) is 18.3 Å². The van der Waals surface area contributed by atoms with Crippen molar-refractivity contribution >= 4 is 11.6 Å². The van der Waals surface area contributed by atoms with Crippen LogP contribution >= 0.6 is 0 Å². The fourth-order valence-electron chi connectivity index (χ4n) is 3.40. The van der Waals surface area contributed by atoms with Crippen LogP contribution in [0.5, 0.6) is 11.5 Å². The van der Waals surface area contributed by atoms with Gasteiger partial charge in [-0.15, -0.1) is 0 Å². The van der Waals surface area contributed by atoms with Crippen LogP contribution in [0, 0.1) is 6.92 Å². The second-order valence-electron chi connectivity index (χ2n) is 6.57. The molecule has 124 valence electrons. The number of ether oxygens (including phenoxy) is 2. The minimum absolute atomic E-state index is 0.0744. The van der Waals surface area contributed by atoms with E-state index in [1.807, 2.05) is 37.3 Å². The van der Waals surface area contributed by atoms with Crippen LogP contribution in [0.4, 0.5) is 5.69 Å². The highest BCUT2D eigenvalue weighted by Crippen LogP contribution is 2.51. The molecule has 0 bridgehead atoms. The first-order valence-corrected chi connectivity index (χ1v) is 8.44. The number of fused-ring (bicyclic) bond motifs is 1. The van der Waals surface area contributed by atoms with Gasteiger partial charge in [0.1, 0.15) is 0 Å². The van der Waals surface area contributed by atoms with Crippen molar-refractivity contribution in [1.29, 1.82) is 0 Å². The maximum Gasteiger partial charge on any atom is 0.235 e. The average molecular weight is 323 g/mol. The van der Waals surface area contributed by atoms with Gasteiger partial charge >= 0.3 is 0 Å². The van der Waals surface area contributed by atoms with E-state index in [9.17, 15) is 4.79 Å². The fraction of sp³-hybridized carbons (Fsp3) is 0.350. The minimum atomic E-state index is -0.436. The molecule has 0 radical (unpaired) electrons. The molecule has 0 spiro atoms. The molecule has 2 aromatic carbocycles. The van der Waals surface area contributed by atoms with E-state index in [1.54, 1.807) is 0 Å². The quantitative estimate of drug-likeness (QED) is 0.926. The summed E-state index contributed by atoms with van der Waals surface area (Å²) in [5.74, 6) is 1.56. The van der Waals surface area contributed by atoms with Crippen LogP contribution in [0.3, 0.4) is 0 Å². The lowest BCUT2D eigenvalue weighted by molar-refractivity contribution is -0.118. The number of carbonyl (C=O) groups excluding carboxylic acids is 1. The summed E-state index contributed by atoms with van der Waals surface area (Å²) in [6.07, 6.45) is 2.63. The van der Waals surface area contributed by atoms with E-state index in [0.29, 0.717) is 0 Å². The van der Waals surface area contributed by atoms with Crippen LogP contribution in [0.15, 0.2) is 36.4 Å². The number of nitrogens with one attached hydrogen (secondary N) is 1. The Hall–Kier alpha value is -2.49. The number of rotatable bonds is 4. The van der Waals surface area contributed by atoms with E-state index in [4.69, 9.17) is 9.47 Å². The lowest BCUT2D eigenvalue weighted by Gasteiger charge is -2.19. The molecule has 1 aliphatic carbocycles. The smallest absolute Gasteiger partial charge is 0.235 e. The molecule has 1 heterocycles. The van der Waals surface area contributed by atoms with Gasteiger partial charge in [0, 0.05) is 5.69 Å². The van der Waals surface area contributed by atoms with Gasteiger partial charge in [-0.3, -0.25) is 4.79 Å². The van der Waals surface area contributed by atoms with E-state index in [1.165, 1.54) is 5.56 Å². The van der Waals surface area contributed by atoms with Crippen molar-refractivity contribution in [2.45, 2.75) is 38.5 Å². The Labute approximate surface area is 141 Å². The molecule has 1 amide bonds. The molecule has 1 N–H and O–H groups in total. The van der Waals surface area contributed by atoms with Crippen LogP contribution in [-0.4, -0.2) is 12.7 Å². The van der Waals surface area contributed by atoms with Crippen molar-refractivity contribution in [2.75, 3.05) is 12.1 Å². The molecule has 1 saturated carbocycles. The summed E-state index contributed by atoms with van der Waals surface area (Å²) in [6.45, 7) is 4.39. The van der Waals surface area contributed by atoms with Crippen molar-refractivity contribution < 1.29 is 14.3 Å². The van der Waals surface area contributed by atoms with Gasteiger partial charge < -0.3 is 14.8 Å². The Bertz CT molecular complexity index is 809. The molecular formula is C20H21NO3. The van der Waals surface area contributed by atoms with Crippen LogP contribution in [0.25, 0.3) is 0 Å². The van der Waals surface area contributed by atoms with Crippen molar-refractivity contribution in [3.63, 3.8) is 0 Å². The molecule has 4 nitrogen and oxygen atoms in total. The Morgan fingerprint density at radius 3 is 2.71 bits per heavy atom. The Morgan fingerprint density at radius 2 is 1.96 bits per heavy atom. The first-order valence-electron chi connectivity index (χ1n) is 8.44. The van der Waals surface area contributed by atoms with E-state index < -0.39 is 5.41 Å². The molecule has 0 saturated heterocycles. The summed E-state index contributed by atoms with van der Waals surface area (Å²) >= 11 is 0. The van der Waals surface area contributed by atoms with Gasteiger partial charge in [0.15, 0.2) is 11.5 Å². The number of anilines is 1. The Morgan fingerprint density at radius 1 is 1.17 bits per heavy atom. The summed E-state index contributed by atoms with van der Waals surface area (Å²) in [7, 11) is 0. The molecule has 0 aromatic heterocycles. The summed E-state index contributed by atoms with van der Waals surface area (Å²) in [6, 6.07) is 12.0. The van der Waals surface area contributed by atoms with Crippen LogP contribution in [0.2, 0.25) is 0 Å². The van der Waals surface area contributed by atoms with Gasteiger partial charge in [0.2, 0.25) is 12.7 Å². The number of hydrogen-bond acceptors (Lipinski definition) is 3. The molecular weight excluding hydrogens is 302 g/mol. The SMILES string of the molecule is CCc1cccc(C)c1NC(=O)C1(c2ccc3c(c2)OCO3)CC1. The fourth-order valence-corrected chi connectivity index (χ4v) is 3.40. The lowest BCUT2D eigenvalue weighted by atomic mass is 9.94. The zero-order chi connectivity index (χ0) is 16.7. The van der Waals surface area contributed by atoms with E-state index in [0.717, 1.165) is 47.6 Å². The number of para-hydroxylation sites is 1. The minimum Gasteiger partial charge on any atom is -0.454 e. The zero-order valence-corrected chi connectivity index (χ0v) is 14.0. The highest BCUT2D eigenvalue weighted by atomic mass is 16.7. The maximum atomic E-state index is 13.0. The molecule has 4 heteroatoms. The summed E-state index contributed by atoms with van der Waals surface area (Å²) < 4.78 is 10.8. The third-order valence-electron chi connectivity index (χ3n) is 5.09. The van der Waals surface area contributed by atoms with Gasteiger partial charge in [0.25, 0.3) is 0 Å². The van der Waals surface area contributed by atoms with Gasteiger partial charge in [-0.25, -0.2) is 0 Å². The van der Waals surface area contributed by atoms with Gasteiger partial charge in [0.05, 0.1) is 5.41 Å². The van der Waals surface area contributed by atoms with Crippen LogP contribution < -0.4 is 14.8 Å². The highest BCUT2D eigenvalue weighted by molar-refractivity contribution is 6.02. The first kappa shape index (κ1) is 15.1. The largest absolute Gasteiger partial charge is 0.454 e. The molecule has 0 atom stereocenters. The third kappa shape index (κ3) is 2.33. The van der Waals surface area contributed by atoms with Crippen molar-refractivity contribution in [3.05, 3.63) is 53.1 Å². The molecule has 1 aliphatic heterocycles. The van der Waals surface area contributed by atoms with Crippen LogP contribution in [0.1, 0.15) is 36.5 Å². The van der Waals surface area contributed by atoms with E-state index >= 15 is 0 Å². The van der Waals surface area contributed by atoms with E-state index in [-0.39, 0.29) is 12.7 Å². The number of aryl methyl sites for hydroxylation is 2. The van der Waals surface area contributed by atoms with Gasteiger partial charge in [-0.1, -0.05) is 31.2 Å². The number of carbonyl (C=O) groups is 1. The summed E-state index contributed by atoms with van der Waals surface area (Å²) in [5.41, 5.74) is 3.80. The number of amides is 1. The second kappa shape index (κ2) is 5.55. The molecule has 24 heavy (non-hydrogen) atoms. The summed E-state index contributed by atoms with van der Waals surface area (Å²) in [5, 5.41) is 3.19. The number of benzene rings is 2. The normalized spacial score (nSPS) is 16.8. The standard InChI is InChI=1S/C20H21NO3/c1-3-14-6-4-5-13(2)18(14)21-19(22)20(9-10-20)15-7-8-16-17(11-15)24-12-23-16/h4-8,11H,3,9-10,12H2,1-2H3,(H,21,22).